The second-order valence-electron chi connectivity index (χ2n) is 5.57. The highest BCUT2D eigenvalue weighted by atomic mass is 79.9. The fourth-order valence-electron chi connectivity index (χ4n) is 2.88. The van der Waals surface area contributed by atoms with Crippen LogP contribution < -0.4 is 5.32 Å². The largest absolute Gasteiger partial charge is 0.313 e. The molecule has 1 aliphatic heterocycles. The van der Waals surface area contributed by atoms with Gasteiger partial charge < -0.3 is 15.1 Å². The van der Waals surface area contributed by atoms with Crippen LogP contribution in [-0.4, -0.2) is 56.1 Å². The summed E-state index contributed by atoms with van der Waals surface area (Å²) in [5.74, 6) is 0. The minimum Gasteiger partial charge on any atom is -0.313 e. The van der Waals surface area contributed by atoms with Crippen LogP contribution >= 0.6 is 27.5 Å². The highest BCUT2D eigenvalue weighted by molar-refractivity contribution is 9.10. The van der Waals surface area contributed by atoms with Gasteiger partial charge in [0, 0.05) is 48.3 Å². The maximum atomic E-state index is 6.37. The number of benzene rings is 1. The van der Waals surface area contributed by atoms with E-state index in [1.807, 2.05) is 13.1 Å². The van der Waals surface area contributed by atoms with Crippen molar-refractivity contribution in [2.45, 2.75) is 19.4 Å². The molecule has 0 spiro atoms. The number of halogens is 2. The smallest absolute Gasteiger partial charge is 0.0465 e. The van der Waals surface area contributed by atoms with Crippen LogP contribution in [0.15, 0.2) is 22.7 Å². The molecule has 0 radical (unpaired) electrons. The molecule has 1 atom stereocenters. The topological polar surface area (TPSA) is 18.5 Å². The van der Waals surface area contributed by atoms with E-state index in [2.05, 4.69) is 50.1 Å². The van der Waals surface area contributed by atoms with Gasteiger partial charge in [0.25, 0.3) is 0 Å². The molecule has 1 saturated heterocycles. The SMILES string of the molecule is CCN1CCN(CCC(NC)c2ccc(Br)cc2Cl)CC1. The van der Waals surface area contributed by atoms with Crippen LogP contribution in [0.25, 0.3) is 0 Å². The Morgan fingerprint density at radius 3 is 2.48 bits per heavy atom. The van der Waals surface area contributed by atoms with Crippen LogP contribution in [0.3, 0.4) is 0 Å². The third-order valence-corrected chi connectivity index (χ3v) is 5.15. The first-order valence-corrected chi connectivity index (χ1v) is 8.88. The van der Waals surface area contributed by atoms with Gasteiger partial charge in [0.05, 0.1) is 0 Å². The minimum atomic E-state index is 0.315. The maximum Gasteiger partial charge on any atom is 0.0465 e. The van der Waals surface area contributed by atoms with Crippen molar-refractivity contribution in [2.24, 2.45) is 0 Å². The fraction of sp³-hybridized carbons (Fsp3) is 0.625. The Morgan fingerprint density at radius 1 is 1.24 bits per heavy atom. The number of piperazine rings is 1. The quantitative estimate of drug-likeness (QED) is 0.823. The van der Waals surface area contributed by atoms with Gasteiger partial charge in [-0.1, -0.05) is 40.5 Å². The second kappa shape index (κ2) is 8.49. The third kappa shape index (κ3) is 4.93. The normalized spacial score (nSPS) is 18.9. The minimum absolute atomic E-state index is 0.315. The molecule has 0 aromatic heterocycles. The van der Waals surface area contributed by atoms with E-state index in [4.69, 9.17) is 11.6 Å². The molecule has 1 heterocycles. The summed E-state index contributed by atoms with van der Waals surface area (Å²) in [5.41, 5.74) is 1.19. The van der Waals surface area contributed by atoms with E-state index in [1.165, 1.54) is 38.3 Å². The molecule has 1 unspecified atom stereocenters. The van der Waals surface area contributed by atoms with E-state index in [1.54, 1.807) is 0 Å². The molecule has 1 aromatic carbocycles. The van der Waals surface area contributed by atoms with Gasteiger partial charge in [-0.25, -0.2) is 0 Å². The summed E-state index contributed by atoms with van der Waals surface area (Å²) in [4.78, 5) is 5.07. The first-order valence-electron chi connectivity index (χ1n) is 7.71. The van der Waals surface area contributed by atoms with Gasteiger partial charge in [-0.05, 0) is 37.7 Å². The van der Waals surface area contributed by atoms with E-state index >= 15 is 0 Å². The lowest BCUT2D eigenvalue weighted by molar-refractivity contribution is 0.133. The van der Waals surface area contributed by atoms with Crippen molar-refractivity contribution in [3.05, 3.63) is 33.3 Å². The maximum absolute atomic E-state index is 6.37. The van der Waals surface area contributed by atoms with Crippen molar-refractivity contribution < 1.29 is 0 Å². The molecule has 1 fully saturated rings. The summed E-state index contributed by atoms with van der Waals surface area (Å²) in [5, 5.41) is 4.23. The van der Waals surface area contributed by atoms with Gasteiger partial charge in [0.15, 0.2) is 0 Å². The Morgan fingerprint density at radius 2 is 1.90 bits per heavy atom. The van der Waals surface area contributed by atoms with Gasteiger partial charge in [-0.2, -0.15) is 0 Å². The fourth-order valence-corrected chi connectivity index (χ4v) is 3.69. The summed E-state index contributed by atoms with van der Waals surface area (Å²) in [7, 11) is 2.01. The first-order chi connectivity index (χ1) is 10.1. The van der Waals surface area contributed by atoms with Crippen molar-refractivity contribution in [2.75, 3.05) is 46.3 Å². The average Bonchev–Trinajstić information content (AvgIpc) is 2.50. The number of hydrogen-bond acceptors (Lipinski definition) is 3. The predicted molar refractivity (Wildman–Crippen MR) is 94.1 cm³/mol. The number of likely N-dealkylation sites (N-methyl/N-ethyl adjacent to an activating group) is 1. The molecule has 21 heavy (non-hydrogen) atoms. The highest BCUT2D eigenvalue weighted by Crippen LogP contribution is 2.28. The average molecular weight is 375 g/mol. The molecular formula is C16H25BrClN3. The van der Waals surface area contributed by atoms with Gasteiger partial charge in [0.2, 0.25) is 0 Å². The van der Waals surface area contributed by atoms with Gasteiger partial charge in [-0.15, -0.1) is 0 Å². The van der Waals surface area contributed by atoms with Crippen molar-refractivity contribution in [3.8, 4) is 0 Å². The lowest BCUT2D eigenvalue weighted by Gasteiger charge is -2.34. The monoisotopic (exact) mass is 373 g/mol. The Balaban J connectivity index is 1.88. The molecular weight excluding hydrogens is 350 g/mol. The molecule has 3 nitrogen and oxygen atoms in total. The molecule has 0 bridgehead atoms. The number of hydrogen-bond donors (Lipinski definition) is 1. The zero-order valence-electron chi connectivity index (χ0n) is 12.9. The first kappa shape index (κ1) is 17.2. The summed E-state index contributed by atoms with van der Waals surface area (Å²) in [6.07, 6.45) is 1.09. The molecule has 5 heteroatoms. The molecule has 2 rings (SSSR count). The molecule has 118 valence electrons. The highest BCUT2D eigenvalue weighted by Gasteiger charge is 2.18. The molecule has 0 amide bonds. The molecule has 1 aromatic rings. The standard InChI is InChI=1S/C16H25BrClN3/c1-3-20-8-10-21(11-9-20)7-6-16(19-2)14-5-4-13(17)12-15(14)18/h4-5,12,16,19H,3,6-11H2,1-2H3. The predicted octanol–water partition coefficient (Wildman–Crippen LogP) is 3.39. The molecule has 0 aliphatic carbocycles. The van der Waals surface area contributed by atoms with Gasteiger partial charge in [0.1, 0.15) is 0 Å². The van der Waals surface area contributed by atoms with Crippen LogP contribution in [0.2, 0.25) is 5.02 Å². The molecule has 0 saturated carbocycles. The molecule has 1 aliphatic rings. The Hall–Kier alpha value is -0.130. The van der Waals surface area contributed by atoms with E-state index in [-0.39, 0.29) is 0 Å². The summed E-state index contributed by atoms with van der Waals surface area (Å²) in [6, 6.07) is 6.46. The zero-order valence-corrected chi connectivity index (χ0v) is 15.3. The number of rotatable bonds is 6. The summed E-state index contributed by atoms with van der Waals surface area (Å²) < 4.78 is 1.03. The lowest BCUT2D eigenvalue weighted by Crippen LogP contribution is -2.46. The number of nitrogens with one attached hydrogen (secondary N) is 1. The van der Waals surface area contributed by atoms with Crippen LogP contribution in [0, 0.1) is 0 Å². The second-order valence-corrected chi connectivity index (χ2v) is 6.89. The van der Waals surface area contributed by atoms with Gasteiger partial charge >= 0.3 is 0 Å². The summed E-state index contributed by atoms with van der Waals surface area (Å²) >= 11 is 9.84. The Bertz CT molecular complexity index is 447. The van der Waals surface area contributed by atoms with Crippen molar-refractivity contribution in [1.29, 1.82) is 0 Å². The van der Waals surface area contributed by atoms with E-state index in [0.29, 0.717) is 6.04 Å². The van der Waals surface area contributed by atoms with Gasteiger partial charge in [-0.3, -0.25) is 0 Å². The Kier molecular flexibility index (Phi) is 6.96. The zero-order chi connectivity index (χ0) is 15.2. The van der Waals surface area contributed by atoms with Crippen LogP contribution in [0.1, 0.15) is 24.9 Å². The number of nitrogens with zero attached hydrogens (tertiary/aromatic N) is 2. The van der Waals surface area contributed by atoms with E-state index in [0.717, 1.165) is 22.5 Å². The van der Waals surface area contributed by atoms with Crippen molar-refractivity contribution in [1.82, 2.24) is 15.1 Å². The van der Waals surface area contributed by atoms with E-state index < -0.39 is 0 Å². The third-order valence-electron chi connectivity index (χ3n) is 4.33. The summed E-state index contributed by atoms with van der Waals surface area (Å²) in [6.45, 7) is 9.27. The van der Waals surface area contributed by atoms with Crippen LogP contribution in [0.4, 0.5) is 0 Å². The lowest BCUT2D eigenvalue weighted by atomic mass is 10.0. The van der Waals surface area contributed by atoms with E-state index in [9.17, 15) is 0 Å². The Labute approximate surface area is 141 Å². The molecule has 1 N–H and O–H groups in total. The van der Waals surface area contributed by atoms with Crippen molar-refractivity contribution >= 4 is 27.5 Å². The van der Waals surface area contributed by atoms with Crippen LogP contribution in [0.5, 0.6) is 0 Å². The van der Waals surface area contributed by atoms with Crippen molar-refractivity contribution in [3.63, 3.8) is 0 Å². The van der Waals surface area contributed by atoms with Crippen LogP contribution in [-0.2, 0) is 0 Å².